The molecule has 2 atom stereocenters. The van der Waals surface area contributed by atoms with Gasteiger partial charge in [-0.25, -0.2) is 0 Å². The number of nitrogens with one attached hydrogen (secondary N) is 1. The minimum absolute atomic E-state index is 0.102. The average Bonchev–Trinajstić information content (AvgIpc) is 2.39. The van der Waals surface area contributed by atoms with Gasteiger partial charge in [-0.15, -0.1) is 0 Å². The quantitative estimate of drug-likeness (QED) is 0.584. The summed E-state index contributed by atoms with van der Waals surface area (Å²) in [6, 6.07) is -0.768. The molecule has 0 aromatic heterocycles. The first kappa shape index (κ1) is 15.9. The standard InChI is InChI=1S/C12H19BrN2O4/c1-3-8(2)19-11(17)6-9-12(18)14-4-5-15(9)10(16)7-13/h8-9H,3-7H2,1-2H3,(H,14,18)/t8-,9-/m1/s1. The van der Waals surface area contributed by atoms with Crippen LogP contribution in [-0.4, -0.2) is 53.2 Å². The van der Waals surface area contributed by atoms with Gasteiger partial charge < -0.3 is 15.0 Å². The predicted molar refractivity (Wildman–Crippen MR) is 72.8 cm³/mol. The van der Waals surface area contributed by atoms with Gasteiger partial charge in [0.2, 0.25) is 11.8 Å². The molecule has 0 aliphatic carbocycles. The van der Waals surface area contributed by atoms with Gasteiger partial charge in [0.25, 0.3) is 0 Å². The lowest BCUT2D eigenvalue weighted by Crippen LogP contribution is -2.58. The van der Waals surface area contributed by atoms with Crippen molar-refractivity contribution < 1.29 is 19.1 Å². The molecule has 19 heavy (non-hydrogen) atoms. The maximum atomic E-state index is 11.8. The highest BCUT2D eigenvalue weighted by molar-refractivity contribution is 9.09. The van der Waals surface area contributed by atoms with Crippen LogP contribution >= 0.6 is 15.9 Å². The van der Waals surface area contributed by atoms with Gasteiger partial charge in [0.05, 0.1) is 17.9 Å². The third-order valence-corrected chi connectivity index (χ3v) is 3.51. The summed E-state index contributed by atoms with van der Waals surface area (Å²) in [7, 11) is 0. The molecule has 7 heteroatoms. The zero-order valence-electron chi connectivity index (χ0n) is 11.1. The Bertz CT molecular complexity index is 362. The first-order chi connectivity index (χ1) is 8.99. The summed E-state index contributed by atoms with van der Waals surface area (Å²) in [5.74, 6) is -0.957. The van der Waals surface area contributed by atoms with E-state index in [1.165, 1.54) is 4.90 Å². The predicted octanol–water partition coefficient (Wildman–Crippen LogP) is 0.440. The van der Waals surface area contributed by atoms with E-state index in [2.05, 4.69) is 21.2 Å². The van der Waals surface area contributed by atoms with Crippen molar-refractivity contribution in [2.24, 2.45) is 0 Å². The van der Waals surface area contributed by atoms with Gasteiger partial charge >= 0.3 is 5.97 Å². The molecule has 1 N–H and O–H groups in total. The van der Waals surface area contributed by atoms with Crippen molar-refractivity contribution in [1.82, 2.24) is 10.2 Å². The summed E-state index contributed by atoms with van der Waals surface area (Å²) < 4.78 is 5.14. The van der Waals surface area contributed by atoms with E-state index in [1.54, 1.807) is 6.92 Å². The zero-order valence-corrected chi connectivity index (χ0v) is 12.7. The van der Waals surface area contributed by atoms with Crippen molar-refractivity contribution in [1.29, 1.82) is 0 Å². The highest BCUT2D eigenvalue weighted by Gasteiger charge is 2.34. The van der Waals surface area contributed by atoms with E-state index in [9.17, 15) is 14.4 Å². The topological polar surface area (TPSA) is 75.7 Å². The van der Waals surface area contributed by atoms with Gasteiger partial charge in [0.1, 0.15) is 6.04 Å². The van der Waals surface area contributed by atoms with Crippen molar-refractivity contribution in [2.45, 2.75) is 38.8 Å². The van der Waals surface area contributed by atoms with Crippen LogP contribution in [0.3, 0.4) is 0 Å². The molecule has 1 saturated heterocycles. The fourth-order valence-corrected chi connectivity index (χ4v) is 2.13. The smallest absolute Gasteiger partial charge is 0.308 e. The molecule has 6 nitrogen and oxygen atoms in total. The van der Waals surface area contributed by atoms with E-state index in [4.69, 9.17) is 4.74 Å². The number of amides is 2. The number of piperazine rings is 1. The number of carbonyl (C=O) groups is 3. The van der Waals surface area contributed by atoms with Crippen molar-refractivity contribution in [3.05, 3.63) is 0 Å². The lowest BCUT2D eigenvalue weighted by molar-refractivity contribution is -0.154. The van der Waals surface area contributed by atoms with Crippen LogP contribution in [0.4, 0.5) is 0 Å². The number of hydrogen-bond acceptors (Lipinski definition) is 4. The third-order valence-electron chi connectivity index (χ3n) is 3.03. The molecule has 2 amide bonds. The summed E-state index contributed by atoms with van der Waals surface area (Å²) in [5, 5.41) is 2.79. The molecule has 0 unspecified atom stereocenters. The van der Waals surface area contributed by atoms with E-state index < -0.39 is 12.0 Å². The van der Waals surface area contributed by atoms with Gasteiger partial charge in [-0.3, -0.25) is 14.4 Å². The van der Waals surface area contributed by atoms with E-state index in [1.807, 2.05) is 6.92 Å². The van der Waals surface area contributed by atoms with Crippen LogP contribution in [-0.2, 0) is 19.1 Å². The second-order valence-electron chi connectivity index (χ2n) is 4.44. The Kier molecular flexibility index (Phi) is 6.27. The zero-order chi connectivity index (χ0) is 14.4. The van der Waals surface area contributed by atoms with Crippen molar-refractivity contribution >= 4 is 33.7 Å². The largest absolute Gasteiger partial charge is 0.463 e. The SMILES string of the molecule is CC[C@@H](C)OC(=O)C[C@@H]1C(=O)NCCN1C(=O)CBr. The number of alkyl halides is 1. The number of ether oxygens (including phenoxy) is 1. The number of hydrogen-bond donors (Lipinski definition) is 1. The summed E-state index contributed by atoms with van der Waals surface area (Å²) in [6.45, 7) is 4.53. The summed E-state index contributed by atoms with van der Waals surface area (Å²) in [4.78, 5) is 36.7. The summed E-state index contributed by atoms with van der Waals surface area (Å²) in [5.41, 5.74) is 0. The summed E-state index contributed by atoms with van der Waals surface area (Å²) in [6.07, 6.45) is 0.432. The molecule has 0 aromatic carbocycles. The Labute approximate surface area is 121 Å². The van der Waals surface area contributed by atoms with Crippen molar-refractivity contribution in [3.63, 3.8) is 0 Å². The van der Waals surface area contributed by atoms with Gasteiger partial charge in [0, 0.05) is 13.1 Å². The molecule has 0 radical (unpaired) electrons. The maximum absolute atomic E-state index is 11.8. The normalized spacial score (nSPS) is 20.7. The fraction of sp³-hybridized carbons (Fsp3) is 0.750. The van der Waals surface area contributed by atoms with Crippen LogP contribution in [0, 0.1) is 0 Å². The van der Waals surface area contributed by atoms with E-state index in [-0.39, 0.29) is 29.7 Å². The Morgan fingerprint density at radius 2 is 2.26 bits per heavy atom. The Balaban J connectivity index is 2.67. The van der Waals surface area contributed by atoms with Gasteiger partial charge in [-0.1, -0.05) is 22.9 Å². The second-order valence-corrected chi connectivity index (χ2v) is 5.00. The molecule has 1 rings (SSSR count). The molecule has 0 aromatic rings. The van der Waals surface area contributed by atoms with Gasteiger partial charge in [-0.2, -0.15) is 0 Å². The molecule has 1 fully saturated rings. The molecule has 108 valence electrons. The van der Waals surface area contributed by atoms with Crippen LogP contribution < -0.4 is 5.32 Å². The number of halogens is 1. The van der Waals surface area contributed by atoms with E-state index in [0.29, 0.717) is 19.5 Å². The fourth-order valence-electron chi connectivity index (χ4n) is 1.81. The van der Waals surface area contributed by atoms with Crippen LogP contribution in [0.2, 0.25) is 0 Å². The van der Waals surface area contributed by atoms with E-state index >= 15 is 0 Å². The average molecular weight is 335 g/mol. The number of carbonyl (C=O) groups excluding carboxylic acids is 3. The molecule has 0 bridgehead atoms. The molecular formula is C12H19BrN2O4. The molecule has 1 aliphatic heterocycles. The lowest BCUT2D eigenvalue weighted by Gasteiger charge is -2.34. The van der Waals surface area contributed by atoms with Crippen LogP contribution in [0.25, 0.3) is 0 Å². The highest BCUT2D eigenvalue weighted by atomic mass is 79.9. The first-order valence-corrected chi connectivity index (χ1v) is 7.44. The van der Waals surface area contributed by atoms with Crippen LogP contribution in [0.5, 0.6) is 0 Å². The molecule has 0 spiro atoms. The summed E-state index contributed by atoms with van der Waals surface area (Å²) >= 11 is 3.08. The first-order valence-electron chi connectivity index (χ1n) is 6.32. The van der Waals surface area contributed by atoms with Crippen LogP contribution in [0.1, 0.15) is 26.7 Å². The van der Waals surface area contributed by atoms with E-state index in [0.717, 1.165) is 0 Å². The number of rotatable bonds is 5. The maximum Gasteiger partial charge on any atom is 0.308 e. The van der Waals surface area contributed by atoms with Crippen molar-refractivity contribution in [3.8, 4) is 0 Å². The highest BCUT2D eigenvalue weighted by Crippen LogP contribution is 2.12. The molecule has 1 heterocycles. The number of esters is 1. The second kappa shape index (κ2) is 7.47. The minimum Gasteiger partial charge on any atom is -0.463 e. The Hall–Kier alpha value is -1.11. The third kappa shape index (κ3) is 4.49. The lowest BCUT2D eigenvalue weighted by atomic mass is 10.1. The van der Waals surface area contributed by atoms with Crippen molar-refractivity contribution in [2.75, 3.05) is 18.4 Å². The minimum atomic E-state index is -0.768. The Morgan fingerprint density at radius 3 is 2.84 bits per heavy atom. The van der Waals surface area contributed by atoms with Gasteiger partial charge in [-0.05, 0) is 13.3 Å². The monoisotopic (exact) mass is 334 g/mol. The van der Waals surface area contributed by atoms with Gasteiger partial charge in [0.15, 0.2) is 0 Å². The van der Waals surface area contributed by atoms with Crippen LogP contribution in [0.15, 0.2) is 0 Å². The molecular weight excluding hydrogens is 316 g/mol. The number of nitrogens with zero attached hydrogens (tertiary/aromatic N) is 1. The molecule has 1 aliphatic rings. The Morgan fingerprint density at radius 1 is 1.58 bits per heavy atom. The molecule has 0 saturated carbocycles.